The van der Waals surface area contributed by atoms with Crippen molar-refractivity contribution in [3.8, 4) is 0 Å². The minimum Gasteiger partial charge on any atom is -0.354 e. The van der Waals surface area contributed by atoms with Crippen LogP contribution >= 0.6 is 0 Å². The summed E-state index contributed by atoms with van der Waals surface area (Å²) in [6, 6.07) is 2.42. The van der Waals surface area contributed by atoms with Gasteiger partial charge in [-0.1, -0.05) is 0 Å². The summed E-state index contributed by atoms with van der Waals surface area (Å²) in [6.45, 7) is 4.84. The Labute approximate surface area is 113 Å². The summed E-state index contributed by atoms with van der Waals surface area (Å²) in [4.78, 5) is 9.15. The number of rotatable bonds is 4. The lowest BCUT2D eigenvalue weighted by atomic mass is 10.2. The van der Waals surface area contributed by atoms with E-state index in [2.05, 4.69) is 20.1 Å². The van der Waals surface area contributed by atoms with Crippen LogP contribution in [0.15, 0.2) is 12.3 Å². The first kappa shape index (κ1) is 12.8. The van der Waals surface area contributed by atoms with Crippen LogP contribution in [-0.2, 0) is 6.54 Å². The maximum atomic E-state index is 13.3. The molecule has 0 bridgehead atoms. The van der Waals surface area contributed by atoms with E-state index >= 15 is 0 Å². The van der Waals surface area contributed by atoms with Crippen LogP contribution in [0.5, 0.6) is 0 Å². The molecule has 2 aliphatic rings. The zero-order chi connectivity index (χ0) is 13.2. The molecule has 2 fully saturated rings. The maximum absolute atomic E-state index is 13.3. The van der Waals surface area contributed by atoms with Gasteiger partial charge in [0.2, 0.25) is 0 Å². The summed E-state index contributed by atoms with van der Waals surface area (Å²) in [6.07, 6.45) is 4.04. The molecule has 19 heavy (non-hydrogen) atoms. The molecule has 1 saturated carbocycles. The maximum Gasteiger partial charge on any atom is 0.141 e. The molecule has 1 aromatic rings. The van der Waals surface area contributed by atoms with Gasteiger partial charge < -0.3 is 10.2 Å². The Balaban J connectivity index is 1.71. The number of nitrogens with zero attached hydrogens (tertiary/aromatic N) is 3. The normalized spacial score (nSPS) is 20.8. The van der Waals surface area contributed by atoms with Crippen molar-refractivity contribution in [2.24, 2.45) is 0 Å². The van der Waals surface area contributed by atoms with Crippen molar-refractivity contribution in [2.45, 2.75) is 25.4 Å². The Morgan fingerprint density at radius 2 is 2.05 bits per heavy atom. The topological polar surface area (TPSA) is 31.4 Å². The molecule has 0 amide bonds. The van der Waals surface area contributed by atoms with E-state index in [0.717, 1.165) is 43.6 Å². The van der Waals surface area contributed by atoms with Gasteiger partial charge in [0.05, 0.1) is 6.20 Å². The summed E-state index contributed by atoms with van der Waals surface area (Å²) in [5.74, 6) is 0.678. The number of hydrogen-bond donors (Lipinski definition) is 1. The lowest BCUT2D eigenvalue weighted by Crippen LogP contribution is -2.47. The molecule has 0 atom stereocenters. The standard InChI is InChI=1S/C14H21FN4/c1-16-9-11-8-12(15)10-17-14(11)19-6-4-18(5-7-19)13-2-3-13/h8,10,13,16H,2-7,9H2,1H3. The monoisotopic (exact) mass is 264 g/mol. The number of hydrogen-bond acceptors (Lipinski definition) is 4. The van der Waals surface area contributed by atoms with Gasteiger partial charge in [0.25, 0.3) is 0 Å². The average Bonchev–Trinajstić information content (AvgIpc) is 3.24. The van der Waals surface area contributed by atoms with Crippen LogP contribution in [0, 0.1) is 5.82 Å². The van der Waals surface area contributed by atoms with E-state index < -0.39 is 0 Å². The quantitative estimate of drug-likeness (QED) is 0.886. The highest BCUT2D eigenvalue weighted by molar-refractivity contribution is 5.47. The number of piperazine rings is 1. The summed E-state index contributed by atoms with van der Waals surface area (Å²) < 4.78 is 13.3. The number of anilines is 1. The third kappa shape index (κ3) is 2.87. The highest BCUT2D eigenvalue weighted by Gasteiger charge is 2.31. The molecular formula is C14H21FN4. The first-order chi connectivity index (χ1) is 9.28. The Hall–Kier alpha value is -1.20. The van der Waals surface area contributed by atoms with Crippen molar-refractivity contribution >= 4 is 5.82 Å². The fourth-order valence-electron chi connectivity index (χ4n) is 2.82. The Morgan fingerprint density at radius 3 is 2.68 bits per heavy atom. The Bertz CT molecular complexity index is 439. The smallest absolute Gasteiger partial charge is 0.141 e. The van der Waals surface area contributed by atoms with Gasteiger partial charge >= 0.3 is 0 Å². The van der Waals surface area contributed by atoms with E-state index in [4.69, 9.17) is 0 Å². The summed E-state index contributed by atoms with van der Waals surface area (Å²) in [7, 11) is 1.87. The van der Waals surface area contributed by atoms with E-state index in [9.17, 15) is 4.39 Å². The predicted octanol–water partition coefficient (Wildman–Crippen LogP) is 1.22. The van der Waals surface area contributed by atoms with Crippen molar-refractivity contribution in [1.82, 2.24) is 15.2 Å². The molecule has 5 heteroatoms. The molecule has 104 valence electrons. The van der Waals surface area contributed by atoms with Crippen LogP contribution in [0.2, 0.25) is 0 Å². The molecule has 0 aromatic carbocycles. The molecule has 1 N–H and O–H groups in total. The predicted molar refractivity (Wildman–Crippen MR) is 73.8 cm³/mol. The molecule has 1 aliphatic heterocycles. The largest absolute Gasteiger partial charge is 0.354 e. The fourth-order valence-corrected chi connectivity index (χ4v) is 2.82. The number of aromatic nitrogens is 1. The summed E-state index contributed by atoms with van der Waals surface area (Å²) in [5.41, 5.74) is 0.947. The third-order valence-corrected chi connectivity index (χ3v) is 3.95. The summed E-state index contributed by atoms with van der Waals surface area (Å²) >= 11 is 0. The summed E-state index contributed by atoms with van der Waals surface area (Å²) in [5, 5.41) is 3.08. The molecule has 1 aromatic heterocycles. The minimum atomic E-state index is -0.259. The number of halogens is 1. The zero-order valence-corrected chi connectivity index (χ0v) is 11.4. The van der Waals surface area contributed by atoms with Crippen molar-refractivity contribution < 1.29 is 4.39 Å². The second-order valence-corrected chi connectivity index (χ2v) is 5.42. The van der Waals surface area contributed by atoms with Crippen molar-refractivity contribution in [2.75, 3.05) is 38.1 Å². The van der Waals surface area contributed by atoms with Gasteiger partial charge in [-0.2, -0.15) is 0 Å². The second kappa shape index (κ2) is 5.43. The molecule has 0 spiro atoms. The van der Waals surface area contributed by atoms with E-state index in [0.29, 0.717) is 6.54 Å². The second-order valence-electron chi connectivity index (χ2n) is 5.42. The van der Waals surface area contributed by atoms with Crippen molar-refractivity contribution in [3.05, 3.63) is 23.6 Å². The molecule has 1 saturated heterocycles. The van der Waals surface area contributed by atoms with Gasteiger partial charge in [0.15, 0.2) is 0 Å². The Kier molecular flexibility index (Phi) is 3.66. The van der Waals surface area contributed by atoms with Crippen molar-refractivity contribution in [3.63, 3.8) is 0 Å². The van der Waals surface area contributed by atoms with E-state index in [-0.39, 0.29) is 5.82 Å². The highest BCUT2D eigenvalue weighted by atomic mass is 19.1. The van der Waals surface area contributed by atoms with Crippen LogP contribution < -0.4 is 10.2 Å². The van der Waals surface area contributed by atoms with Gasteiger partial charge in [-0.15, -0.1) is 0 Å². The SMILES string of the molecule is CNCc1cc(F)cnc1N1CCN(C2CC2)CC1. The minimum absolute atomic E-state index is 0.259. The molecule has 2 heterocycles. The van der Waals surface area contributed by atoms with E-state index in [1.54, 1.807) is 6.07 Å². The van der Waals surface area contributed by atoms with Gasteiger partial charge in [0.1, 0.15) is 11.6 Å². The van der Waals surface area contributed by atoms with Gasteiger partial charge in [0, 0.05) is 44.3 Å². The highest BCUT2D eigenvalue weighted by Crippen LogP contribution is 2.28. The Morgan fingerprint density at radius 1 is 1.32 bits per heavy atom. The number of pyridine rings is 1. The first-order valence-corrected chi connectivity index (χ1v) is 7.06. The molecular weight excluding hydrogens is 243 g/mol. The van der Waals surface area contributed by atoms with Crippen LogP contribution in [0.4, 0.5) is 10.2 Å². The lowest BCUT2D eigenvalue weighted by molar-refractivity contribution is 0.247. The van der Waals surface area contributed by atoms with Crippen LogP contribution in [0.25, 0.3) is 0 Å². The van der Waals surface area contributed by atoms with Crippen molar-refractivity contribution in [1.29, 1.82) is 0 Å². The fraction of sp³-hybridized carbons (Fsp3) is 0.643. The lowest BCUT2D eigenvalue weighted by Gasteiger charge is -2.36. The number of nitrogens with one attached hydrogen (secondary N) is 1. The van der Waals surface area contributed by atoms with Gasteiger partial charge in [-0.25, -0.2) is 9.37 Å². The van der Waals surface area contributed by atoms with E-state index in [1.165, 1.54) is 19.0 Å². The zero-order valence-electron chi connectivity index (χ0n) is 11.4. The molecule has 1 aliphatic carbocycles. The van der Waals surface area contributed by atoms with E-state index in [1.807, 2.05) is 7.05 Å². The first-order valence-electron chi connectivity index (χ1n) is 7.06. The van der Waals surface area contributed by atoms with Gasteiger partial charge in [-0.05, 0) is 26.0 Å². The molecule has 4 nitrogen and oxygen atoms in total. The molecule has 0 radical (unpaired) electrons. The molecule has 3 rings (SSSR count). The molecule has 0 unspecified atom stereocenters. The van der Waals surface area contributed by atoms with Crippen LogP contribution in [0.3, 0.4) is 0 Å². The van der Waals surface area contributed by atoms with Crippen LogP contribution in [0.1, 0.15) is 18.4 Å². The third-order valence-electron chi connectivity index (χ3n) is 3.95. The van der Waals surface area contributed by atoms with Crippen LogP contribution in [-0.4, -0.2) is 49.2 Å². The van der Waals surface area contributed by atoms with Gasteiger partial charge in [-0.3, -0.25) is 4.90 Å². The average molecular weight is 264 g/mol.